The van der Waals surface area contributed by atoms with Crippen molar-refractivity contribution in [3.05, 3.63) is 35.4 Å². The minimum atomic E-state index is 0.245. The lowest BCUT2D eigenvalue weighted by Crippen LogP contribution is -2.42. The van der Waals surface area contributed by atoms with Crippen LogP contribution in [0.4, 0.5) is 0 Å². The largest absolute Gasteiger partial charge is 0.380 e. The molecule has 0 aliphatic rings. The minimum Gasteiger partial charge on any atom is -0.380 e. The zero-order valence-electron chi connectivity index (χ0n) is 11.7. The topological polar surface area (TPSA) is 21.3 Å². The van der Waals surface area contributed by atoms with E-state index in [-0.39, 0.29) is 6.10 Å². The van der Waals surface area contributed by atoms with E-state index in [0.717, 1.165) is 6.42 Å². The summed E-state index contributed by atoms with van der Waals surface area (Å²) >= 11 is 0. The van der Waals surface area contributed by atoms with Gasteiger partial charge in [0.15, 0.2) is 0 Å². The van der Waals surface area contributed by atoms with Gasteiger partial charge < -0.3 is 10.1 Å². The van der Waals surface area contributed by atoms with Crippen LogP contribution in [0.5, 0.6) is 0 Å². The molecule has 96 valence electrons. The smallest absolute Gasteiger partial charge is 0.0693 e. The van der Waals surface area contributed by atoms with Crippen molar-refractivity contribution >= 4 is 0 Å². The molecule has 3 unspecified atom stereocenters. The zero-order chi connectivity index (χ0) is 12.8. The molecular weight excluding hydrogens is 210 g/mol. The quantitative estimate of drug-likeness (QED) is 0.818. The summed E-state index contributed by atoms with van der Waals surface area (Å²) in [6, 6.07) is 9.41. The van der Waals surface area contributed by atoms with Gasteiger partial charge in [0.1, 0.15) is 0 Å². The standard InChI is InChI=1S/C15H25NO/c1-11-8-6-7-9-15(11)10-12(2)16-13(3)14(4)17-5/h6-9,12-14,16H,10H2,1-5H3. The van der Waals surface area contributed by atoms with Gasteiger partial charge >= 0.3 is 0 Å². The van der Waals surface area contributed by atoms with Crippen LogP contribution in [0, 0.1) is 6.92 Å². The molecule has 0 radical (unpaired) electrons. The summed E-state index contributed by atoms with van der Waals surface area (Å²) in [4.78, 5) is 0. The first-order valence-corrected chi connectivity index (χ1v) is 6.38. The van der Waals surface area contributed by atoms with Gasteiger partial charge in [0.25, 0.3) is 0 Å². The molecule has 17 heavy (non-hydrogen) atoms. The lowest BCUT2D eigenvalue weighted by Gasteiger charge is -2.24. The second-order valence-corrected chi connectivity index (χ2v) is 4.93. The van der Waals surface area contributed by atoms with Crippen molar-refractivity contribution in [3.8, 4) is 0 Å². The van der Waals surface area contributed by atoms with Gasteiger partial charge in [-0.15, -0.1) is 0 Å². The van der Waals surface area contributed by atoms with E-state index < -0.39 is 0 Å². The number of benzene rings is 1. The number of rotatable bonds is 6. The summed E-state index contributed by atoms with van der Waals surface area (Å²) in [7, 11) is 1.76. The molecule has 2 heteroatoms. The Hall–Kier alpha value is -0.860. The highest BCUT2D eigenvalue weighted by Gasteiger charge is 2.14. The minimum absolute atomic E-state index is 0.245. The Bertz CT molecular complexity index is 337. The third kappa shape index (κ3) is 4.49. The second kappa shape index (κ2) is 6.77. The van der Waals surface area contributed by atoms with E-state index in [4.69, 9.17) is 4.74 Å². The summed E-state index contributed by atoms with van der Waals surface area (Å²) in [6.45, 7) is 8.66. The Labute approximate surface area is 105 Å². The molecular formula is C15H25NO. The van der Waals surface area contributed by atoms with E-state index in [9.17, 15) is 0 Å². The molecule has 1 aromatic carbocycles. The summed E-state index contributed by atoms with van der Waals surface area (Å²) < 4.78 is 5.32. The van der Waals surface area contributed by atoms with Crippen LogP contribution in [-0.4, -0.2) is 25.3 Å². The second-order valence-electron chi connectivity index (χ2n) is 4.93. The van der Waals surface area contributed by atoms with E-state index in [1.165, 1.54) is 11.1 Å². The maximum atomic E-state index is 5.32. The molecule has 2 nitrogen and oxygen atoms in total. The molecule has 0 amide bonds. The normalized spacial score (nSPS) is 16.5. The molecule has 0 heterocycles. The molecule has 1 N–H and O–H groups in total. The van der Waals surface area contributed by atoms with Crippen LogP contribution in [0.15, 0.2) is 24.3 Å². The van der Waals surface area contributed by atoms with Gasteiger partial charge in [0, 0.05) is 19.2 Å². The predicted octanol–water partition coefficient (Wildman–Crippen LogP) is 2.94. The monoisotopic (exact) mass is 235 g/mol. The third-order valence-corrected chi connectivity index (χ3v) is 3.41. The van der Waals surface area contributed by atoms with Crippen molar-refractivity contribution in [1.29, 1.82) is 0 Å². The van der Waals surface area contributed by atoms with Gasteiger partial charge in [0.05, 0.1) is 6.10 Å². The molecule has 1 aromatic rings. The van der Waals surface area contributed by atoms with Crippen molar-refractivity contribution in [3.63, 3.8) is 0 Å². The predicted molar refractivity (Wildman–Crippen MR) is 73.4 cm³/mol. The fraction of sp³-hybridized carbons (Fsp3) is 0.600. The number of aryl methyl sites for hydroxylation is 1. The van der Waals surface area contributed by atoms with E-state index in [1.54, 1.807) is 7.11 Å². The van der Waals surface area contributed by atoms with Crippen LogP contribution in [0.2, 0.25) is 0 Å². The maximum Gasteiger partial charge on any atom is 0.0693 e. The average Bonchev–Trinajstić information content (AvgIpc) is 2.31. The third-order valence-electron chi connectivity index (χ3n) is 3.41. The van der Waals surface area contributed by atoms with Gasteiger partial charge in [-0.25, -0.2) is 0 Å². The number of hydrogen-bond donors (Lipinski definition) is 1. The van der Waals surface area contributed by atoms with Crippen molar-refractivity contribution < 1.29 is 4.74 Å². The number of hydrogen-bond acceptors (Lipinski definition) is 2. The Kier molecular flexibility index (Phi) is 5.66. The van der Waals surface area contributed by atoms with Gasteiger partial charge in [0.2, 0.25) is 0 Å². The zero-order valence-corrected chi connectivity index (χ0v) is 11.7. The fourth-order valence-electron chi connectivity index (χ4n) is 2.02. The number of ether oxygens (including phenoxy) is 1. The molecule has 0 aliphatic carbocycles. The summed E-state index contributed by atoms with van der Waals surface area (Å²) in [5.41, 5.74) is 2.79. The van der Waals surface area contributed by atoms with Crippen LogP contribution < -0.4 is 5.32 Å². The molecule has 3 atom stereocenters. The summed E-state index contributed by atoms with van der Waals surface area (Å²) in [6.07, 6.45) is 1.31. The molecule has 0 fully saturated rings. The highest BCUT2D eigenvalue weighted by atomic mass is 16.5. The molecule has 0 bridgehead atoms. The van der Waals surface area contributed by atoms with Crippen LogP contribution in [0.3, 0.4) is 0 Å². The van der Waals surface area contributed by atoms with Crippen molar-refractivity contribution in [1.82, 2.24) is 5.32 Å². The van der Waals surface area contributed by atoms with Crippen molar-refractivity contribution in [2.75, 3.05) is 7.11 Å². The molecule has 1 rings (SSSR count). The first-order valence-electron chi connectivity index (χ1n) is 6.38. The molecule has 0 saturated carbocycles. The van der Waals surface area contributed by atoms with Crippen LogP contribution in [-0.2, 0) is 11.2 Å². The van der Waals surface area contributed by atoms with Crippen LogP contribution in [0.25, 0.3) is 0 Å². The van der Waals surface area contributed by atoms with Gasteiger partial charge in [-0.2, -0.15) is 0 Å². The van der Waals surface area contributed by atoms with E-state index >= 15 is 0 Å². The SMILES string of the molecule is COC(C)C(C)NC(C)Cc1ccccc1C. The molecule has 0 aromatic heterocycles. The van der Waals surface area contributed by atoms with Crippen LogP contribution >= 0.6 is 0 Å². The Morgan fingerprint density at radius 3 is 2.41 bits per heavy atom. The number of methoxy groups -OCH3 is 1. The van der Waals surface area contributed by atoms with Gasteiger partial charge in [-0.05, 0) is 45.2 Å². The van der Waals surface area contributed by atoms with Gasteiger partial charge in [-0.3, -0.25) is 0 Å². The average molecular weight is 235 g/mol. The van der Waals surface area contributed by atoms with Crippen molar-refractivity contribution in [2.45, 2.75) is 52.3 Å². The lowest BCUT2D eigenvalue weighted by molar-refractivity contribution is 0.0852. The van der Waals surface area contributed by atoms with Crippen molar-refractivity contribution in [2.24, 2.45) is 0 Å². The maximum absolute atomic E-state index is 5.32. The first-order chi connectivity index (χ1) is 8.04. The Morgan fingerprint density at radius 2 is 1.82 bits per heavy atom. The first kappa shape index (κ1) is 14.2. The highest BCUT2D eigenvalue weighted by Crippen LogP contribution is 2.10. The summed E-state index contributed by atoms with van der Waals surface area (Å²) in [5.74, 6) is 0. The highest BCUT2D eigenvalue weighted by molar-refractivity contribution is 5.26. The van der Waals surface area contributed by atoms with Gasteiger partial charge in [-0.1, -0.05) is 24.3 Å². The Balaban J connectivity index is 2.50. The van der Waals surface area contributed by atoms with E-state index in [2.05, 4.69) is 57.3 Å². The number of nitrogens with one attached hydrogen (secondary N) is 1. The van der Waals surface area contributed by atoms with E-state index in [1.807, 2.05) is 0 Å². The van der Waals surface area contributed by atoms with Crippen LogP contribution in [0.1, 0.15) is 31.9 Å². The molecule has 0 aliphatic heterocycles. The van der Waals surface area contributed by atoms with E-state index in [0.29, 0.717) is 12.1 Å². The summed E-state index contributed by atoms with van der Waals surface area (Å²) in [5, 5.41) is 3.58. The fourth-order valence-corrected chi connectivity index (χ4v) is 2.02. The molecule has 0 spiro atoms. The lowest BCUT2D eigenvalue weighted by atomic mass is 10.0. The molecule has 0 saturated heterocycles. The Morgan fingerprint density at radius 1 is 1.18 bits per heavy atom.